The molecule has 0 amide bonds. The fourth-order valence-electron chi connectivity index (χ4n) is 3.50. The maximum atomic E-state index is 12.6. The lowest BCUT2D eigenvalue weighted by atomic mass is 9.92. The molecule has 10 heteroatoms. The Morgan fingerprint density at radius 3 is 2.56 bits per heavy atom. The van der Waals surface area contributed by atoms with E-state index in [0.717, 1.165) is 12.8 Å². The van der Waals surface area contributed by atoms with Gasteiger partial charge in [0.25, 0.3) is 10.2 Å². The topological polar surface area (TPSA) is 104 Å². The summed E-state index contributed by atoms with van der Waals surface area (Å²) in [6.07, 6.45) is 3.49. The van der Waals surface area contributed by atoms with Crippen LogP contribution in [-0.4, -0.2) is 54.9 Å². The van der Waals surface area contributed by atoms with Gasteiger partial charge in [0.2, 0.25) is 5.95 Å². The fraction of sp³-hybridized carbons (Fsp3) is 0.733. The first-order valence-corrected chi connectivity index (χ1v) is 9.91. The van der Waals surface area contributed by atoms with E-state index in [0.29, 0.717) is 43.9 Å². The standard InChI is InChI=1S/C15H26N6O2S.ClH/c1-11(2)12-9-20(15-17-6-5-14(16)18-15)10-13(12)19-24(22,23)21-7-3-4-8-21;/h5-6,11-13,19H,3-4,7-10H2,1-2H3,(H2,16,17,18);1H/t12-,13+;/m1./s1. The number of hydrogen-bond acceptors (Lipinski definition) is 6. The van der Waals surface area contributed by atoms with Gasteiger partial charge in [0.1, 0.15) is 5.82 Å². The molecule has 3 heterocycles. The molecule has 142 valence electrons. The number of anilines is 2. The molecule has 0 spiro atoms. The molecule has 0 aliphatic carbocycles. The van der Waals surface area contributed by atoms with Crippen molar-refractivity contribution in [2.45, 2.75) is 32.7 Å². The smallest absolute Gasteiger partial charge is 0.279 e. The second-order valence-corrected chi connectivity index (χ2v) is 8.63. The zero-order valence-electron chi connectivity index (χ0n) is 14.6. The number of rotatable bonds is 5. The number of halogens is 1. The number of nitrogens with zero attached hydrogens (tertiary/aromatic N) is 4. The van der Waals surface area contributed by atoms with Gasteiger partial charge in [0.05, 0.1) is 0 Å². The molecular formula is C15H27ClN6O2S. The molecule has 3 rings (SSSR count). The van der Waals surface area contributed by atoms with E-state index in [1.54, 1.807) is 16.6 Å². The van der Waals surface area contributed by atoms with Crippen LogP contribution in [0.25, 0.3) is 0 Å². The van der Waals surface area contributed by atoms with Crippen molar-refractivity contribution in [1.82, 2.24) is 19.0 Å². The van der Waals surface area contributed by atoms with Crippen molar-refractivity contribution in [2.24, 2.45) is 11.8 Å². The average molecular weight is 391 g/mol. The molecule has 1 aromatic heterocycles. The largest absolute Gasteiger partial charge is 0.384 e. The van der Waals surface area contributed by atoms with Crippen LogP contribution < -0.4 is 15.4 Å². The van der Waals surface area contributed by atoms with Crippen molar-refractivity contribution in [3.63, 3.8) is 0 Å². The zero-order valence-corrected chi connectivity index (χ0v) is 16.3. The summed E-state index contributed by atoms with van der Waals surface area (Å²) >= 11 is 0. The summed E-state index contributed by atoms with van der Waals surface area (Å²) in [6, 6.07) is 1.49. The van der Waals surface area contributed by atoms with Crippen molar-refractivity contribution in [3.05, 3.63) is 12.3 Å². The summed E-state index contributed by atoms with van der Waals surface area (Å²) < 4.78 is 29.7. The summed E-state index contributed by atoms with van der Waals surface area (Å²) in [7, 11) is -3.43. The first-order chi connectivity index (χ1) is 11.4. The molecule has 1 aromatic rings. The van der Waals surface area contributed by atoms with Crippen LogP contribution in [0.2, 0.25) is 0 Å². The molecule has 25 heavy (non-hydrogen) atoms. The number of aromatic nitrogens is 2. The molecule has 3 N–H and O–H groups in total. The van der Waals surface area contributed by atoms with Crippen molar-refractivity contribution >= 4 is 34.4 Å². The molecule has 0 saturated carbocycles. The highest BCUT2D eigenvalue weighted by Gasteiger charge is 2.39. The van der Waals surface area contributed by atoms with E-state index in [9.17, 15) is 8.42 Å². The van der Waals surface area contributed by atoms with Crippen LogP contribution in [-0.2, 0) is 10.2 Å². The maximum Gasteiger partial charge on any atom is 0.279 e. The maximum absolute atomic E-state index is 12.6. The van der Waals surface area contributed by atoms with E-state index < -0.39 is 10.2 Å². The minimum atomic E-state index is -3.43. The highest BCUT2D eigenvalue weighted by atomic mass is 35.5. The first-order valence-electron chi connectivity index (χ1n) is 8.47. The van der Waals surface area contributed by atoms with E-state index in [-0.39, 0.29) is 24.4 Å². The Labute approximate surface area is 155 Å². The van der Waals surface area contributed by atoms with Gasteiger partial charge < -0.3 is 10.6 Å². The van der Waals surface area contributed by atoms with Crippen LogP contribution in [0.1, 0.15) is 26.7 Å². The predicted molar refractivity (Wildman–Crippen MR) is 101 cm³/mol. The molecule has 0 radical (unpaired) electrons. The Morgan fingerprint density at radius 2 is 1.96 bits per heavy atom. The Morgan fingerprint density at radius 1 is 1.28 bits per heavy atom. The fourth-order valence-corrected chi connectivity index (χ4v) is 5.02. The van der Waals surface area contributed by atoms with Gasteiger partial charge >= 0.3 is 0 Å². The summed E-state index contributed by atoms with van der Waals surface area (Å²) in [6.45, 7) is 6.72. The highest BCUT2D eigenvalue weighted by Crippen LogP contribution is 2.28. The Bertz CT molecular complexity index is 680. The van der Waals surface area contributed by atoms with E-state index in [2.05, 4.69) is 28.5 Å². The van der Waals surface area contributed by atoms with Gasteiger partial charge in [-0.25, -0.2) is 4.98 Å². The number of nitrogen functional groups attached to an aromatic ring is 1. The quantitative estimate of drug-likeness (QED) is 0.773. The summed E-state index contributed by atoms with van der Waals surface area (Å²) in [5.74, 6) is 1.53. The Kier molecular flexibility index (Phi) is 6.47. The van der Waals surface area contributed by atoms with Crippen LogP contribution in [0.15, 0.2) is 12.3 Å². The lowest BCUT2D eigenvalue weighted by Gasteiger charge is -2.25. The van der Waals surface area contributed by atoms with E-state index in [1.807, 2.05) is 4.90 Å². The molecule has 2 aliphatic rings. The average Bonchev–Trinajstić information content (AvgIpc) is 3.16. The van der Waals surface area contributed by atoms with Gasteiger partial charge in [0, 0.05) is 38.4 Å². The molecular weight excluding hydrogens is 364 g/mol. The molecule has 0 bridgehead atoms. The Balaban J connectivity index is 0.00000225. The van der Waals surface area contributed by atoms with Crippen LogP contribution in [0.4, 0.5) is 11.8 Å². The second-order valence-electron chi connectivity index (χ2n) is 6.93. The minimum Gasteiger partial charge on any atom is -0.384 e. The van der Waals surface area contributed by atoms with Crippen molar-refractivity contribution < 1.29 is 8.42 Å². The van der Waals surface area contributed by atoms with Gasteiger partial charge in [-0.3, -0.25) is 0 Å². The van der Waals surface area contributed by atoms with Crippen LogP contribution in [0.3, 0.4) is 0 Å². The van der Waals surface area contributed by atoms with Crippen LogP contribution in [0.5, 0.6) is 0 Å². The molecule has 0 unspecified atom stereocenters. The third kappa shape index (κ3) is 4.52. The third-order valence-corrected chi connectivity index (χ3v) is 6.52. The van der Waals surface area contributed by atoms with Crippen molar-refractivity contribution in [1.29, 1.82) is 0 Å². The second kappa shape index (κ2) is 8.03. The monoisotopic (exact) mass is 390 g/mol. The van der Waals surface area contributed by atoms with Crippen LogP contribution in [0, 0.1) is 11.8 Å². The summed E-state index contributed by atoms with van der Waals surface area (Å²) in [5.41, 5.74) is 5.74. The normalized spacial score (nSPS) is 24.7. The molecule has 2 fully saturated rings. The van der Waals surface area contributed by atoms with Gasteiger partial charge in [0.15, 0.2) is 0 Å². The number of nitrogens with two attached hydrogens (primary N) is 1. The lowest BCUT2D eigenvalue weighted by Crippen LogP contribution is -2.48. The number of hydrogen-bond donors (Lipinski definition) is 2. The zero-order chi connectivity index (χ0) is 17.3. The molecule has 0 aromatic carbocycles. The molecule has 8 nitrogen and oxygen atoms in total. The minimum absolute atomic E-state index is 0. The highest BCUT2D eigenvalue weighted by molar-refractivity contribution is 7.87. The predicted octanol–water partition coefficient (Wildman–Crippen LogP) is 0.872. The van der Waals surface area contributed by atoms with E-state index in [4.69, 9.17) is 5.73 Å². The SMILES string of the molecule is CC(C)[C@H]1CN(c2nccc(N)n2)C[C@@H]1NS(=O)(=O)N1CCCC1.Cl. The van der Waals surface area contributed by atoms with Crippen molar-refractivity contribution in [3.8, 4) is 0 Å². The van der Waals surface area contributed by atoms with Gasteiger partial charge in [-0.2, -0.15) is 22.4 Å². The van der Waals surface area contributed by atoms with E-state index in [1.165, 1.54) is 0 Å². The van der Waals surface area contributed by atoms with Gasteiger partial charge in [-0.1, -0.05) is 13.8 Å². The Hall–Kier alpha value is -1.16. The summed E-state index contributed by atoms with van der Waals surface area (Å²) in [5, 5.41) is 0. The summed E-state index contributed by atoms with van der Waals surface area (Å²) in [4.78, 5) is 10.5. The van der Waals surface area contributed by atoms with Crippen molar-refractivity contribution in [2.75, 3.05) is 36.8 Å². The first kappa shape index (κ1) is 20.2. The lowest BCUT2D eigenvalue weighted by molar-refractivity contribution is 0.355. The molecule has 2 saturated heterocycles. The molecule has 2 aliphatic heterocycles. The molecule has 2 atom stereocenters. The number of nitrogens with one attached hydrogen (secondary N) is 1. The van der Waals surface area contributed by atoms with Gasteiger partial charge in [-0.15, -0.1) is 12.4 Å². The third-order valence-electron chi connectivity index (χ3n) is 4.87. The van der Waals surface area contributed by atoms with Crippen LogP contribution >= 0.6 is 12.4 Å². The van der Waals surface area contributed by atoms with Gasteiger partial charge in [-0.05, 0) is 30.7 Å². The van der Waals surface area contributed by atoms with E-state index >= 15 is 0 Å².